The summed E-state index contributed by atoms with van der Waals surface area (Å²) in [7, 11) is -3.88. The number of aromatic nitrogens is 2. The Morgan fingerprint density at radius 1 is 0.968 bits per heavy atom. The number of nitrogens with one attached hydrogen (secondary N) is 1. The summed E-state index contributed by atoms with van der Waals surface area (Å²) in [6, 6.07) is 21.7. The molecule has 1 N–H and O–H groups in total. The van der Waals surface area contributed by atoms with E-state index in [0.717, 1.165) is 16.6 Å². The highest BCUT2D eigenvalue weighted by Gasteiger charge is 2.22. The number of nitrogens with zero attached hydrogens (tertiary/aromatic N) is 2. The molecule has 8 heteroatoms. The van der Waals surface area contributed by atoms with Crippen molar-refractivity contribution in [3.05, 3.63) is 100 Å². The number of carbonyl (C=O) groups is 1. The van der Waals surface area contributed by atoms with E-state index in [2.05, 4.69) is 9.82 Å². The summed E-state index contributed by atoms with van der Waals surface area (Å²) in [6.07, 6.45) is 0. The number of halogens is 1. The molecule has 1 heterocycles. The van der Waals surface area contributed by atoms with Crippen LogP contribution in [-0.2, 0) is 22.3 Å². The molecule has 0 spiro atoms. The van der Waals surface area contributed by atoms with E-state index in [0.29, 0.717) is 22.5 Å². The Labute approximate surface area is 185 Å². The van der Waals surface area contributed by atoms with Crippen molar-refractivity contribution >= 4 is 38.4 Å². The SMILES string of the molecule is Cc1ccc(CS(=O)(=O)NC(=O)c2nn(Cc3ccc(Cl)cc3)c3ccccc23)cc1. The van der Waals surface area contributed by atoms with Gasteiger partial charge in [0.15, 0.2) is 5.69 Å². The Morgan fingerprint density at radius 3 is 2.32 bits per heavy atom. The van der Waals surface area contributed by atoms with Crippen LogP contribution in [0.5, 0.6) is 0 Å². The maximum Gasteiger partial charge on any atom is 0.285 e. The molecule has 158 valence electrons. The number of carbonyl (C=O) groups excluding carboxylic acids is 1. The van der Waals surface area contributed by atoms with Crippen molar-refractivity contribution in [2.24, 2.45) is 0 Å². The van der Waals surface area contributed by atoms with Gasteiger partial charge < -0.3 is 0 Å². The van der Waals surface area contributed by atoms with Crippen LogP contribution in [0.3, 0.4) is 0 Å². The summed E-state index contributed by atoms with van der Waals surface area (Å²) >= 11 is 5.95. The van der Waals surface area contributed by atoms with Gasteiger partial charge in [0.1, 0.15) is 0 Å². The Morgan fingerprint density at radius 2 is 1.61 bits per heavy atom. The number of benzene rings is 3. The lowest BCUT2D eigenvalue weighted by molar-refractivity contribution is 0.0977. The number of fused-ring (bicyclic) bond motifs is 1. The number of sulfonamides is 1. The molecule has 1 aromatic heterocycles. The van der Waals surface area contributed by atoms with Gasteiger partial charge in [-0.3, -0.25) is 9.48 Å². The molecule has 0 fully saturated rings. The minimum Gasteiger partial charge on any atom is -0.266 e. The molecule has 0 saturated carbocycles. The average molecular weight is 454 g/mol. The van der Waals surface area contributed by atoms with Crippen LogP contribution in [0, 0.1) is 6.92 Å². The third-order valence-electron chi connectivity index (χ3n) is 4.84. The molecule has 6 nitrogen and oxygen atoms in total. The molecule has 3 aromatic carbocycles. The van der Waals surface area contributed by atoms with Gasteiger partial charge in [0.05, 0.1) is 17.8 Å². The molecule has 4 rings (SSSR count). The van der Waals surface area contributed by atoms with Crippen LogP contribution in [0.25, 0.3) is 10.9 Å². The van der Waals surface area contributed by atoms with Gasteiger partial charge >= 0.3 is 0 Å². The summed E-state index contributed by atoms with van der Waals surface area (Å²) in [5, 5.41) is 5.63. The molecule has 0 aliphatic heterocycles. The predicted octanol–water partition coefficient (Wildman–Crippen LogP) is 4.31. The number of hydrogen-bond acceptors (Lipinski definition) is 4. The van der Waals surface area contributed by atoms with Crippen molar-refractivity contribution in [3.63, 3.8) is 0 Å². The fourth-order valence-corrected chi connectivity index (χ4v) is 4.52. The maximum absolute atomic E-state index is 12.8. The molecular weight excluding hydrogens is 434 g/mol. The standard InChI is InChI=1S/C23H20ClN3O3S/c1-16-6-8-18(9-7-16)15-31(29,30)26-23(28)22-20-4-2-3-5-21(20)27(25-22)14-17-10-12-19(24)13-11-17/h2-13H,14-15H2,1H3,(H,26,28). The number of hydrogen-bond donors (Lipinski definition) is 1. The topological polar surface area (TPSA) is 81.1 Å². The fourth-order valence-electron chi connectivity index (χ4n) is 3.31. The van der Waals surface area contributed by atoms with Gasteiger partial charge in [0.2, 0.25) is 10.0 Å². The van der Waals surface area contributed by atoms with Gasteiger partial charge in [-0.05, 0) is 36.2 Å². The molecule has 0 radical (unpaired) electrons. The molecule has 1 amide bonds. The van der Waals surface area contributed by atoms with Crippen LogP contribution in [0.15, 0.2) is 72.8 Å². The normalized spacial score (nSPS) is 11.5. The molecule has 0 saturated heterocycles. The quantitative estimate of drug-likeness (QED) is 0.471. The van der Waals surface area contributed by atoms with Crippen molar-refractivity contribution < 1.29 is 13.2 Å². The molecular formula is C23H20ClN3O3S. The van der Waals surface area contributed by atoms with Gasteiger partial charge in [0, 0.05) is 10.4 Å². The molecule has 4 aromatic rings. The monoisotopic (exact) mass is 453 g/mol. The minimum atomic E-state index is -3.88. The van der Waals surface area contributed by atoms with Crippen LogP contribution >= 0.6 is 11.6 Å². The van der Waals surface area contributed by atoms with E-state index in [1.54, 1.807) is 41.1 Å². The first-order chi connectivity index (χ1) is 14.8. The fraction of sp³-hybridized carbons (Fsp3) is 0.130. The number of amides is 1. The van der Waals surface area contributed by atoms with Gasteiger partial charge in [0.25, 0.3) is 5.91 Å². The van der Waals surface area contributed by atoms with E-state index in [-0.39, 0.29) is 11.4 Å². The van der Waals surface area contributed by atoms with Crippen molar-refractivity contribution in [1.82, 2.24) is 14.5 Å². The van der Waals surface area contributed by atoms with Crippen molar-refractivity contribution in [2.75, 3.05) is 0 Å². The van der Waals surface area contributed by atoms with E-state index >= 15 is 0 Å². The van der Waals surface area contributed by atoms with E-state index in [1.807, 2.05) is 43.3 Å². The summed E-state index contributed by atoms with van der Waals surface area (Å²) in [6.45, 7) is 2.34. The highest BCUT2D eigenvalue weighted by atomic mass is 35.5. The van der Waals surface area contributed by atoms with Crippen LogP contribution in [0.4, 0.5) is 0 Å². The molecule has 0 atom stereocenters. The van der Waals surface area contributed by atoms with Crippen LogP contribution in [-0.4, -0.2) is 24.1 Å². The predicted molar refractivity (Wildman–Crippen MR) is 122 cm³/mol. The summed E-state index contributed by atoms with van der Waals surface area (Å²) in [4.78, 5) is 12.8. The minimum absolute atomic E-state index is 0.0667. The largest absolute Gasteiger partial charge is 0.285 e. The molecule has 31 heavy (non-hydrogen) atoms. The van der Waals surface area contributed by atoms with E-state index in [1.165, 1.54) is 0 Å². The zero-order chi connectivity index (χ0) is 22.0. The number of aryl methyl sites for hydroxylation is 1. The highest BCUT2D eigenvalue weighted by Crippen LogP contribution is 2.21. The van der Waals surface area contributed by atoms with E-state index < -0.39 is 15.9 Å². The van der Waals surface area contributed by atoms with Gasteiger partial charge in [-0.25, -0.2) is 13.1 Å². The Balaban J connectivity index is 1.60. The van der Waals surface area contributed by atoms with E-state index in [4.69, 9.17) is 11.6 Å². The lowest BCUT2D eigenvalue weighted by Gasteiger charge is -2.06. The second kappa shape index (κ2) is 8.53. The summed E-state index contributed by atoms with van der Waals surface area (Å²) in [5.41, 5.74) is 3.39. The molecule has 0 aliphatic rings. The van der Waals surface area contributed by atoms with E-state index in [9.17, 15) is 13.2 Å². The molecule has 0 unspecified atom stereocenters. The Hall–Kier alpha value is -3.16. The van der Waals surface area contributed by atoms with Crippen molar-refractivity contribution in [1.29, 1.82) is 0 Å². The smallest absolute Gasteiger partial charge is 0.266 e. The Bertz CT molecular complexity index is 1350. The van der Waals surface area contributed by atoms with Gasteiger partial charge in [-0.15, -0.1) is 0 Å². The molecule has 0 aliphatic carbocycles. The lowest BCUT2D eigenvalue weighted by Crippen LogP contribution is -2.32. The van der Waals surface area contributed by atoms with Crippen molar-refractivity contribution in [2.45, 2.75) is 19.2 Å². The van der Waals surface area contributed by atoms with Crippen molar-refractivity contribution in [3.8, 4) is 0 Å². The first-order valence-corrected chi connectivity index (χ1v) is 11.6. The Kier molecular flexibility index (Phi) is 5.80. The van der Waals surface area contributed by atoms with Crippen LogP contribution in [0.1, 0.15) is 27.2 Å². The second-order valence-corrected chi connectivity index (χ2v) is 9.48. The maximum atomic E-state index is 12.8. The van der Waals surface area contributed by atoms with Crippen LogP contribution in [0.2, 0.25) is 5.02 Å². The van der Waals surface area contributed by atoms with Crippen LogP contribution < -0.4 is 4.72 Å². The van der Waals surface area contributed by atoms with Gasteiger partial charge in [-0.2, -0.15) is 5.10 Å². The second-order valence-electron chi connectivity index (χ2n) is 7.33. The number of rotatable bonds is 6. The third-order valence-corrected chi connectivity index (χ3v) is 6.31. The summed E-state index contributed by atoms with van der Waals surface area (Å²) in [5.74, 6) is -1.04. The zero-order valence-electron chi connectivity index (χ0n) is 16.7. The molecule has 0 bridgehead atoms. The lowest BCUT2D eigenvalue weighted by atomic mass is 10.2. The highest BCUT2D eigenvalue weighted by molar-refractivity contribution is 7.89. The van der Waals surface area contributed by atoms with Gasteiger partial charge in [-0.1, -0.05) is 71.8 Å². The number of para-hydroxylation sites is 1. The third kappa shape index (κ3) is 4.95. The first kappa shape index (κ1) is 21.1. The first-order valence-electron chi connectivity index (χ1n) is 9.61. The summed E-state index contributed by atoms with van der Waals surface area (Å²) < 4.78 is 28.9. The zero-order valence-corrected chi connectivity index (χ0v) is 18.3. The average Bonchev–Trinajstić information content (AvgIpc) is 3.10.